The van der Waals surface area contributed by atoms with Crippen molar-refractivity contribution in [3.63, 3.8) is 0 Å². The minimum absolute atomic E-state index is 0.0000346. The fourth-order valence-corrected chi connectivity index (χ4v) is 7.63. The van der Waals surface area contributed by atoms with Crippen molar-refractivity contribution in [2.75, 3.05) is 44.7 Å². The van der Waals surface area contributed by atoms with Crippen LogP contribution in [0, 0.1) is 24.0 Å². The molecule has 7 rings (SSSR count). The number of halogens is 2. The Morgan fingerprint density at radius 2 is 2.02 bits per heavy atom. The number of phenols is 1. The molecule has 0 spiro atoms. The number of hydrogen-bond donors (Lipinski definition) is 3. The molecule has 3 aliphatic rings. The van der Waals surface area contributed by atoms with Gasteiger partial charge in [0.2, 0.25) is 0 Å². The maximum atomic E-state index is 16.8. The molecule has 4 aromatic rings. The Labute approximate surface area is 273 Å². The molecule has 0 saturated carbocycles. The number of nitrogens with one attached hydrogen (secondary N) is 2. The van der Waals surface area contributed by atoms with Gasteiger partial charge < -0.3 is 25.2 Å². The third-order valence-corrected chi connectivity index (χ3v) is 9.96. The van der Waals surface area contributed by atoms with E-state index in [0.717, 1.165) is 71.2 Å². The average molecular weight is 643 g/mol. The van der Waals surface area contributed by atoms with E-state index in [2.05, 4.69) is 38.3 Å². The Balaban J connectivity index is 1.31. The second kappa shape index (κ2) is 13.2. The largest absolute Gasteiger partial charge is 0.508 e. The Bertz CT molecular complexity index is 1830. The van der Waals surface area contributed by atoms with Gasteiger partial charge in [0.15, 0.2) is 5.82 Å². The highest BCUT2D eigenvalue weighted by atomic mass is 19.1. The number of aromatic nitrogens is 3. The summed E-state index contributed by atoms with van der Waals surface area (Å²) < 4.78 is 43.9. The van der Waals surface area contributed by atoms with Gasteiger partial charge in [-0.3, -0.25) is 9.88 Å². The van der Waals surface area contributed by atoms with Crippen LogP contribution < -0.4 is 15.4 Å². The van der Waals surface area contributed by atoms with Gasteiger partial charge in [-0.2, -0.15) is 9.97 Å². The fourth-order valence-electron chi connectivity index (χ4n) is 7.63. The van der Waals surface area contributed by atoms with Crippen molar-refractivity contribution in [3.8, 4) is 35.4 Å². The third-order valence-electron chi connectivity index (χ3n) is 9.96. The molecule has 11 heteroatoms. The van der Waals surface area contributed by atoms with Gasteiger partial charge in [-0.25, -0.2) is 8.78 Å². The van der Waals surface area contributed by atoms with Crippen molar-refractivity contribution in [1.82, 2.24) is 25.2 Å². The number of ether oxygens (including phenoxy) is 2. The van der Waals surface area contributed by atoms with Crippen LogP contribution in [0.4, 0.5) is 14.6 Å². The number of nitrogens with zero attached hydrogens (tertiary/aromatic N) is 4. The highest BCUT2D eigenvalue weighted by Crippen LogP contribution is 2.40. The predicted molar refractivity (Wildman–Crippen MR) is 178 cm³/mol. The first-order chi connectivity index (χ1) is 22.9. The summed E-state index contributed by atoms with van der Waals surface area (Å²) in [4.78, 5) is 16.3. The van der Waals surface area contributed by atoms with Crippen molar-refractivity contribution in [2.24, 2.45) is 0 Å². The number of pyridine rings is 1. The van der Waals surface area contributed by atoms with Crippen LogP contribution in [-0.4, -0.2) is 82.0 Å². The molecular weight excluding hydrogens is 602 g/mol. The van der Waals surface area contributed by atoms with Gasteiger partial charge in [0.1, 0.15) is 35.2 Å². The Morgan fingerprint density at radius 1 is 1.19 bits per heavy atom. The topological polar surface area (TPSA) is 105 Å². The monoisotopic (exact) mass is 642 g/mol. The lowest BCUT2D eigenvalue weighted by atomic mass is 9.95. The zero-order valence-electron chi connectivity index (χ0n) is 26.6. The van der Waals surface area contributed by atoms with Crippen molar-refractivity contribution in [3.05, 3.63) is 47.7 Å². The first-order valence-electron chi connectivity index (χ1n) is 16.7. The van der Waals surface area contributed by atoms with E-state index in [1.54, 1.807) is 0 Å². The summed E-state index contributed by atoms with van der Waals surface area (Å²) in [5, 5.41) is 18.7. The summed E-state index contributed by atoms with van der Waals surface area (Å²) >= 11 is 0. The molecule has 5 heterocycles. The van der Waals surface area contributed by atoms with Crippen LogP contribution in [0.3, 0.4) is 0 Å². The fraction of sp³-hybridized carbons (Fsp3) is 0.472. The smallest absolute Gasteiger partial charge is 0.319 e. The minimum atomic E-state index is -0.752. The molecule has 3 fully saturated rings. The van der Waals surface area contributed by atoms with E-state index in [4.69, 9.17) is 20.9 Å². The van der Waals surface area contributed by atoms with Crippen LogP contribution in [0.1, 0.15) is 57.4 Å². The Hall–Kier alpha value is -4.11. The number of terminal acetylenes is 1. The first-order valence-corrected chi connectivity index (χ1v) is 16.7. The van der Waals surface area contributed by atoms with Crippen LogP contribution in [0.5, 0.6) is 11.8 Å². The van der Waals surface area contributed by atoms with Crippen LogP contribution in [0.25, 0.3) is 32.9 Å². The molecule has 0 bridgehead atoms. The molecule has 0 amide bonds. The second-order valence-electron chi connectivity index (χ2n) is 12.9. The van der Waals surface area contributed by atoms with E-state index < -0.39 is 11.6 Å². The summed E-state index contributed by atoms with van der Waals surface area (Å²) in [6.45, 7) is 6.68. The molecule has 2 unspecified atom stereocenters. The number of fused-ring (bicyclic) bond motifs is 3. The number of hydrogen-bond acceptors (Lipinski definition) is 9. The first kappa shape index (κ1) is 31.5. The lowest BCUT2D eigenvalue weighted by Crippen LogP contribution is -2.45. The molecular formula is C36H40F2N6O3. The Morgan fingerprint density at radius 3 is 2.77 bits per heavy atom. The zero-order valence-corrected chi connectivity index (χ0v) is 26.6. The summed E-state index contributed by atoms with van der Waals surface area (Å²) in [5.41, 5.74) is -0.0473. The van der Waals surface area contributed by atoms with Crippen LogP contribution in [0.15, 0.2) is 30.5 Å². The molecule has 2 atom stereocenters. The predicted octanol–water partition coefficient (Wildman–Crippen LogP) is 5.78. The summed E-state index contributed by atoms with van der Waals surface area (Å²) in [6.07, 6.45) is 14.5. The van der Waals surface area contributed by atoms with Gasteiger partial charge in [-0.05, 0) is 88.2 Å². The molecule has 0 radical (unpaired) electrons. The number of anilines is 1. The van der Waals surface area contributed by atoms with E-state index in [1.807, 2.05) is 0 Å². The third kappa shape index (κ3) is 5.94. The molecule has 47 heavy (non-hydrogen) atoms. The molecule has 2 aromatic heterocycles. The van der Waals surface area contributed by atoms with E-state index in [1.165, 1.54) is 30.5 Å². The van der Waals surface area contributed by atoms with Gasteiger partial charge in [0.25, 0.3) is 0 Å². The van der Waals surface area contributed by atoms with E-state index in [9.17, 15) is 9.50 Å². The average Bonchev–Trinajstić information content (AvgIpc) is 3.83. The van der Waals surface area contributed by atoms with Gasteiger partial charge in [-0.15, -0.1) is 6.42 Å². The molecule has 246 valence electrons. The summed E-state index contributed by atoms with van der Waals surface area (Å²) in [6, 6.07) is 5.61. The van der Waals surface area contributed by atoms with Gasteiger partial charge >= 0.3 is 6.01 Å². The highest BCUT2D eigenvalue weighted by molar-refractivity contribution is 6.02. The van der Waals surface area contributed by atoms with Gasteiger partial charge in [0.05, 0.1) is 28.6 Å². The molecule has 0 aliphatic carbocycles. The number of rotatable bonds is 11. The lowest BCUT2D eigenvalue weighted by molar-refractivity contribution is 0.0820. The van der Waals surface area contributed by atoms with Crippen molar-refractivity contribution >= 4 is 27.5 Å². The molecule has 3 N–H and O–H groups in total. The van der Waals surface area contributed by atoms with Crippen LogP contribution >= 0.6 is 0 Å². The normalized spacial score (nSPS) is 19.7. The Kier molecular flexibility index (Phi) is 8.83. The van der Waals surface area contributed by atoms with Crippen molar-refractivity contribution < 1.29 is 23.4 Å². The van der Waals surface area contributed by atoms with Crippen molar-refractivity contribution in [2.45, 2.75) is 69.6 Å². The maximum Gasteiger partial charge on any atom is 0.319 e. The molecule has 3 aliphatic heterocycles. The summed E-state index contributed by atoms with van der Waals surface area (Å²) in [7, 11) is 0. The number of phenolic OH excluding ortho intramolecular Hbond substituents is 1. The molecule has 9 nitrogen and oxygen atoms in total. The number of aromatic hydroxyl groups is 1. The quantitative estimate of drug-likeness (QED) is 0.176. The van der Waals surface area contributed by atoms with E-state index >= 15 is 4.39 Å². The van der Waals surface area contributed by atoms with Crippen LogP contribution in [-0.2, 0) is 4.74 Å². The molecule has 3 saturated heterocycles. The van der Waals surface area contributed by atoms with Gasteiger partial charge in [-0.1, -0.05) is 18.9 Å². The number of benzene rings is 2. The highest BCUT2D eigenvalue weighted by Gasteiger charge is 2.45. The van der Waals surface area contributed by atoms with E-state index in [-0.39, 0.29) is 57.2 Å². The van der Waals surface area contributed by atoms with Crippen molar-refractivity contribution in [1.29, 1.82) is 0 Å². The maximum absolute atomic E-state index is 16.8. The second-order valence-corrected chi connectivity index (χ2v) is 12.9. The minimum Gasteiger partial charge on any atom is -0.508 e. The SMILES string of the molecule is C#Cc1c(F)ccc2cc(O)cc(-c3ncc4c(NCC(NCCC)C5CCCO5)nc(OCC56CCCN5CCC6)nc4c3F)c12. The zero-order chi connectivity index (χ0) is 32.5. The van der Waals surface area contributed by atoms with Crippen LogP contribution in [0.2, 0.25) is 0 Å². The molecule has 2 aromatic carbocycles. The van der Waals surface area contributed by atoms with Gasteiger partial charge in [0, 0.05) is 30.3 Å². The van der Waals surface area contributed by atoms with E-state index in [0.29, 0.717) is 29.7 Å². The standard InChI is InChI=1S/C36H40F2N6O3/c1-3-13-39-28(29-8-5-16-46-29)20-41-34-26-19-40-32(25-18-23(45)17-22-9-10-27(37)24(4-2)30(22)25)31(38)33(26)42-35(43-34)47-21-36-11-6-14-44(36)15-7-12-36/h2,9-10,17-19,28-29,39,45H,3,5-8,11-16,20-21H2,1H3,(H,41,42,43). The lowest BCUT2D eigenvalue weighted by Gasteiger charge is -2.31. The summed E-state index contributed by atoms with van der Waals surface area (Å²) in [5.74, 6) is 1.28.